The molecular weight excluding hydrogens is 226 g/mol. The monoisotopic (exact) mass is 228 g/mol. The highest BCUT2D eigenvalue weighted by Gasteiger charge is 2.87. The quantitative estimate of drug-likeness (QED) is 0.585. The molecule has 1 rings (SSSR count). The molecule has 1 fully saturated rings. The van der Waals surface area contributed by atoms with Gasteiger partial charge in [-0.2, -0.15) is 13.2 Å². The van der Waals surface area contributed by atoms with Crippen LogP contribution in [0.1, 0.15) is 0 Å². The summed E-state index contributed by atoms with van der Waals surface area (Å²) in [7, 11) is -5.43. The molecule has 1 heterocycles. The molecule has 0 aromatic heterocycles. The van der Waals surface area contributed by atoms with E-state index in [1.165, 1.54) is 0 Å². The Hall–Kier alpha value is -0.470. The predicted molar refractivity (Wildman–Crippen MR) is 28.6 cm³/mol. The smallest absolute Gasteiger partial charge is 0.225 e. The first-order chi connectivity index (χ1) is 5.46. The second-order valence-corrected chi connectivity index (χ2v) is 4.64. The summed E-state index contributed by atoms with van der Waals surface area (Å²) in [4.78, 5) is 0. The van der Waals surface area contributed by atoms with Gasteiger partial charge in [-0.25, -0.2) is 21.6 Å². The topological polar surface area (TPSA) is 34.1 Å². The van der Waals surface area contributed by atoms with E-state index in [4.69, 9.17) is 0 Å². The summed E-state index contributed by atoms with van der Waals surface area (Å²) in [5.41, 5.74) is 0. The lowest BCUT2D eigenvalue weighted by atomic mass is 10.2. The van der Waals surface area contributed by atoms with Crippen molar-refractivity contribution in [2.24, 2.45) is 0 Å². The van der Waals surface area contributed by atoms with E-state index < -0.39 is 32.7 Å². The molecule has 1 unspecified atom stereocenters. The molecule has 0 bridgehead atoms. The second-order valence-electron chi connectivity index (χ2n) is 2.56. The molecule has 2 nitrogen and oxygen atoms in total. The third-order valence-electron chi connectivity index (χ3n) is 1.63. The highest BCUT2D eigenvalue weighted by Crippen LogP contribution is 2.57. The fourth-order valence-corrected chi connectivity index (χ4v) is 2.47. The third-order valence-corrected chi connectivity index (χ3v) is 3.76. The average Bonchev–Trinajstić information content (AvgIpc) is 1.80. The van der Waals surface area contributed by atoms with Gasteiger partial charge in [0.05, 0.1) is 0 Å². The van der Waals surface area contributed by atoms with Gasteiger partial charge in [-0.05, 0) is 0 Å². The van der Waals surface area contributed by atoms with Gasteiger partial charge in [0.25, 0.3) is 0 Å². The van der Waals surface area contributed by atoms with Crippen LogP contribution in [0.2, 0.25) is 0 Å². The number of halogens is 6. The van der Waals surface area contributed by atoms with Gasteiger partial charge in [-0.1, -0.05) is 0 Å². The van der Waals surface area contributed by atoms with E-state index in [1.807, 2.05) is 0 Å². The average molecular weight is 228 g/mol. The molecule has 0 aliphatic carbocycles. The fourth-order valence-electron chi connectivity index (χ4n) is 0.962. The van der Waals surface area contributed by atoms with Crippen LogP contribution in [-0.4, -0.2) is 31.3 Å². The summed E-state index contributed by atoms with van der Waals surface area (Å²) < 4.78 is 92.1. The molecule has 0 spiro atoms. The molecule has 1 aliphatic rings. The van der Waals surface area contributed by atoms with E-state index in [-0.39, 0.29) is 0 Å². The maximum atomic E-state index is 12.5. The lowest BCUT2D eigenvalue weighted by molar-refractivity contribution is -0.270. The minimum absolute atomic E-state index is 2.10. The van der Waals surface area contributed by atoms with Crippen molar-refractivity contribution in [2.45, 2.75) is 17.1 Å². The van der Waals surface area contributed by atoms with Crippen molar-refractivity contribution in [1.82, 2.24) is 0 Å². The summed E-state index contributed by atoms with van der Waals surface area (Å²) >= 11 is 0. The first kappa shape index (κ1) is 10.6. The maximum Gasteiger partial charge on any atom is 0.443 e. The van der Waals surface area contributed by atoms with Crippen molar-refractivity contribution in [3.05, 3.63) is 0 Å². The Morgan fingerprint density at radius 2 is 1.46 bits per heavy atom. The Balaban J connectivity index is 3.29. The zero-order valence-electron chi connectivity index (χ0n) is 5.70. The van der Waals surface area contributed by atoms with E-state index >= 15 is 0 Å². The maximum absolute atomic E-state index is 12.5. The zero-order chi connectivity index (χ0) is 10.7. The summed E-state index contributed by atoms with van der Waals surface area (Å²) in [6.45, 7) is 0. The number of hydrogen-bond acceptors (Lipinski definition) is 2. The minimum atomic E-state index is -6.10. The molecule has 1 aliphatic heterocycles. The van der Waals surface area contributed by atoms with E-state index in [1.54, 1.807) is 0 Å². The summed E-state index contributed by atoms with van der Waals surface area (Å²) in [5, 5.41) is -5.41. The largest absolute Gasteiger partial charge is 0.443 e. The molecule has 9 heteroatoms. The van der Waals surface area contributed by atoms with Crippen LogP contribution in [0.25, 0.3) is 0 Å². The van der Waals surface area contributed by atoms with E-state index in [0.29, 0.717) is 0 Å². The van der Waals surface area contributed by atoms with Crippen molar-refractivity contribution in [2.75, 3.05) is 5.75 Å². The van der Waals surface area contributed by atoms with Crippen molar-refractivity contribution < 1.29 is 34.8 Å². The van der Waals surface area contributed by atoms with Crippen molar-refractivity contribution in [3.63, 3.8) is 0 Å². The van der Waals surface area contributed by atoms with Crippen LogP contribution in [0, 0.1) is 0 Å². The van der Waals surface area contributed by atoms with Gasteiger partial charge in [0, 0.05) is 0 Å². The first-order valence-electron chi connectivity index (χ1n) is 2.81. The van der Waals surface area contributed by atoms with Crippen LogP contribution in [0.5, 0.6) is 0 Å². The van der Waals surface area contributed by atoms with E-state index in [2.05, 4.69) is 0 Å². The lowest BCUT2D eigenvalue weighted by Crippen LogP contribution is -2.72. The lowest BCUT2D eigenvalue weighted by Gasteiger charge is -2.41. The molecule has 0 aromatic rings. The molecule has 78 valence electrons. The Morgan fingerprint density at radius 1 is 1.08 bits per heavy atom. The number of rotatable bonds is 0. The fraction of sp³-hybridized carbons (Fsp3) is 1.00. The summed E-state index contributed by atoms with van der Waals surface area (Å²) in [5.74, 6) is -6.99. The molecular formula is C4H2F6O2S. The molecule has 0 aromatic carbocycles. The molecule has 0 radical (unpaired) electrons. The predicted octanol–water partition coefficient (Wildman–Crippen LogP) is 1.28. The van der Waals surface area contributed by atoms with Crippen LogP contribution in [0.15, 0.2) is 0 Å². The molecule has 1 saturated heterocycles. The van der Waals surface area contributed by atoms with Crippen LogP contribution in [0.3, 0.4) is 0 Å². The van der Waals surface area contributed by atoms with Crippen LogP contribution in [0.4, 0.5) is 26.3 Å². The summed E-state index contributed by atoms with van der Waals surface area (Å²) in [6, 6.07) is 0. The standard InChI is InChI=1S/C4H2F6O2S/c5-2(6)1-13(11,12)3(2,7)4(8,9)10/h1H2. The van der Waals surface area contributed by atoms with Gasteiger partial charge in [-0.3, -0.25) is 0 Å². The highest BCUT2D eigenvalue weighted by atomic mass is 32.2. The zero-order valence-corrected chi connectivity index (χ0v) is 6.52. The number of hydrogen-bond donors (Lipinski definition) is 0. The molecule has 1 atom stereocenters. The highest BCUT2D eigenvalue weighted by molar-refractivity contribution is 7.94. The Bertz CT molecular complexity index is 317. The Morgan fingerprint density at radius 3 is 1.54 bits per heavy atom. The minimum Gasteiger partial charge on any atom is -0.225 e. The molecule has 0 N–H and O–H groups in total. The van der Waals surface area contributed by atoms with E-state index in [0.717, 1.165) is 0 Å². The van der Waals surface area contributed by atoms with Crippen molar-refractivity contribution in [3.8, 4) is 0 Å². The normalized spacial score (nSPS) is 36.8. The van der Waals surface area contributed by atoms with Gasteiger partial charge < -0.3 is 0 Å². The SMILES string of the molecule is O=S1(=O)CC(F)(F)C1(F)C(F)(F)F. The molecule has 13 heavy (non-hydrogen) atoms. The van der Waals surface area contributed by atoms with Crippen LogP contribution < -0.4 is 0 Å². The van der Waals surface area contributed by atoms with Crippen LogP contribution >= 0.6 is 0 Å². The Labute approximate surface area is 68.4 Å². The van der Waals surface area contributed by atoms with Crippen LogP contribution in [-0.2, 0) is 9.84 Å². The first-order valence-corrected chi connectivity index (χ1v) is 4.47. The van der Waals surface area contributed by atoms with Gasteiger partial charge in [0.1, 0.15) is 5.75 Å². The van der Waals surface area contributed by atoms with Gasteiger partial charge in [0.2, 0.25) is 9.84 Å². The van der Waals surface area contributed by atoms with Gasteiger partial charge in [-0.15, -0.1) is 0 Å². The number of sulfone groups is 1. The summed E-state index contributed by atoms with van der Waals surface area (Å²) in [6.07, 6.45) is -6.10. The van der Waals surface area contributed by atoms with Crippen molar-refractivity contribution in [1.29, 1.82) is 0 Å². The second kappa shape index (κ2) is 2.12. The van der Waals surface area contributed by atoms with Crippen molar-refractivity contribution >= 4 is 9.84 Å². The van der Waals surface area contributed by atoms with E-state index in [9.17, 15) is 34.8 Å². The number of alkyl halides is 6. The van der Waals surface area contributed by atoms with Gasteiger partial charge in [0.15, 0.2) is 0 Å². The third kappa shape index (κ3) is 0.990. The molecule has 0 amide bonds. The molecule has 0 saturated carbocycles. The Kier molecular flexibility index (Phi) is 1.73. The van der Waals surface area contributed by atoms with Gasteiger partial charge >= 0.3 is 17.1 Å².